The second-order valence-corrected chi connectivity index (χ2v) is 5.17. The van der Waals surface area contributed by atoms with E-state index in [1.165, 1.54) is 0 Å². The van der Waals surface area contributed by atoms with Gasteiger partial charge in [-0.25, -0.2) is 4.79 Å². The number of hydrogen-bond donors (Lipinski definition) is 3. The highest BCUT2D eigenvalue weighted by atomic mass is 16.4. The smallest absolute Gasteiger partial charge is 0.326 e. The summed E-state index contributed by atoms with van der Waals surface area (Å²) in [6.07, 6.45) is 3.34. The van der Waals surface area contributed by atoms with Gasteiger partial charge in [0.15, 0.2) is 0 Å². The Balaban J connectivity index is 2.50. The van der Waals surface area contributed by atoms with Crippen molar-refractivity contribution in [3.63, 3.8) is 0 Å². The number of hydrogen-bond acceptors (Lipinski definition) is 3. The molecular weight excluding hydrogens is 268 g/mol. The summed E-state index contributed by atoms with van der Waals surface area (Å²) in [5, 5.41) is 11.7. The molecule has 0 aliphatic rings. The van der Waals surface area contributed by atoms with Gasteiger partial charge in [-0.2, -0.15) is 0 Å². The van der Waals surface area contributed by atoms with Crippen molar-refractivity contribution >= 4 is 11.9 Å². The van der Waals surface area contributed by atoms with Gasteiger partial charge in [0.2, 0.25) is 5.91 Å². The summed E-state index contributed by atoms with van der Waals surface area (Å²) in [6.45, 7) is 2.02. The summed E-state index contributed by atoms with van der Waals surface area (Å²) in [5.41, 5.74) is 6.80. The Morgan fingerprint density at radius 1 is 1.24 bits per heavy atom. The second-order valence-electron chi connectivity index (χ2n) is 5.17. The van der Waals surface area contributed by atoms with E-state index >= 15 is 0 Å². The summed E-state index contributed by atoms with van der Waals surface area (Å²) in [5.74, 6) is -1.41. The van der Waals surface area contributed by atoms with E-state index in [-0.39, 0.29) is 5.91 Å². The van der Waals surface area contributed by atoms with Crippen LogP contribution in [0.5, 0.6) is 0 Å². The van der Waals surface area contributed by atoms with Crippen molar-refractivity contribution in [1.29, 1.82) is 0 Å². The molecule has 0 aromatic heterocycles. The molecule has 5 nitrogen and oxygen atoms in total. The highest BCUT2D eigenvalue weighted by Crippen LogP contribution is 2.06. The minimum atomic E-state index is -1.03. The van der Waals surface area contributed by atoms with Crippen molar-refractivity contribution in [2.24, 2.45) is 5.73 Å². The predicted molar refractivity (Wildman–Crippen MR) is 81.8 cm³/mol. The van der Waals surface area contributed by atoms with Gasteiger partial charge in [-0.3, -0.25) is 4.79 Å². The third-order valence-electron chi connectivity index (χ3n) is 3.38. The van der Waals surface area contributed by atoms with Crippen LogP contribution < -0.4 is 11.1 Å². The third-order valence-corrected chi connectivity index (χ3v) is 3.38. The first-order chi connectivity index (χ1) is 10.0. The molecule has 0 fully saturated rings. The summed E-state index contributed by atoms with van der Waals surface area (Å²) < 4.78 is 0. The number of carboxylic acid groups (broad SMARTS) is 1. The fourth-order valence-electron chi connectivity index (χ4n) is 2.05. The van der Waals surface area contributed by atoms with Crippen LogP contribution in [0.25, 0.3) is 0 Å². The van der Waals surface area contributed by atoms with E-state index in [2.05, 4.69) is 5.32 Å². The molecule has 0 saturated carbocycles. The Bertz CT molecular complexity index is 448. The number of carbonyl (C=O) groups is 2. The number of amides is 1. The minimum absolute atomic E-state index is 0.353. The number of unbranched alkanes of at least 4 members (excludes halogenated alkanes) is 1. The Morgan fingerprint density at radius 2 is 1.90 bits per heavy atom. The van der Waals surface area contributed by atoms with Gasteiger partial charge in [0, 0.05) is 0 Å². The molecule has 0 saturated heterocycles. The van der Waals surface area contributed by atoms with Gasteiger partial charge in [0.05, 0.1) is 6.04 Å². The van der Waals surface area contributed by atoms with E-state index in [0.717, 1.165) is 18.4 Å². The molecule has 116 valence electrons. The predicted octanol–water partition coefficient (Wildman–Crippen LogP) is 1.71. The maximum atomic E-state index is 11.9. The van der Waals surface area contributed by atoms with Gasteiger partial charge >= 0.3 is 5.97 Å². The van der Waals surface area contributed by atoms with E-state index in [9.17, 15) is 14.7 Å². The quantitative estimate of drug-likeness (QED) is 0.646. The SMILES string of the molecule is CCCC[C@H](N)C(=O)N[C@@H](CCc1ccccc1)C(=O)O. The number of nitrogens with one attached hydrogen (secondary N) is 1. The standard InChI is InChI=1S/C16H24N2O3/c1-2-3-9-13(17)15(19)18-14(16(20)21)11-10-12-7-5-4-6-8-12/h4-8,13-14H,2-3,9-11,17H2,1H3,(H,18,19)(H,20,21)/t13-,14-/m0/s1. The number of benzene rings is 1. The zero-order valence-electron chi connectivity index (χ0n) is 12.4. The molecule has 0 heterocycles. The fraction of sp³-hybridized carbons (Fsp3) is 0.500. The fourth-order valence-corrected chi connectivity index (χ4v) is 2.05. The number of nitrogens with two attached hydrogens (primary N) is 1. The molecule has 1 aromatic rings. The number of rotatable bonds is 9. The van der Waals surface area contributed by atoms with Crippen LogP contribution in [0.4, 0.5) is 0 Å². The van der Waals surface area contributed by atoms with Crippen molar-refractivity contribution in [1.82, 2.24) is 5.32 Å². The first kappa shape index (κ1) is 17.2. The van der Waals surface area contributed by atoms with Crippen molar-refractivity contribution in [3.05, 3.63) is 35.9 Å². The van der Waals surface area contributed by atoms with Crippen LogP contribution in [0.2, 0.25) is 0 Å². The van der Waals surface area contributed by atoms with Crippen LogP contribution >= 0.6 is 0 Å². The third kappa shape index (κ3) is 6.40. The van der Waals surface area contributed by atoms with Gasteiger partial charge < -0.3 is 16.2 Å². The highest BCUT2D eigenvalue weighted by molar-refractivity contribution is 5.86. The van der Waals surface area contributed by atoms with Crippen molar-refractivity contribution in [2.75, 3.05) is 0 Å². The molecule has 4 N–H and O–H groups in total. The zero-order valence-corrected chi connectivity index (χ0v) is 12.4. The Hall–Kier alpha value is -1.88. The monoisotopic (exact) mass is 292 g/mol. The molecule has 0 radical (unpaired) electrons. The topological polar surface area (TPSA) is 92.4 Å². The summed E-state index contributed by atoms with van der Waals surface area (Å²) in [6, 6.07) is 8.07. The Morgan fingerprint density at radius 3 is 2.48 bits per heavy atom. The lowest BCUT2D eigenvalue weighted by molar-refractivity contribution is -0.142. The van der Waals surface area contributed by atoms with E-state index in [0.29, 0.717) is 19.3 Å². The maximum absolute atomic E-state index is 11.9. The number of carboxylic acids is 1. The van der Waals surface area contributed by atoms with Gasteiger partial charge in [-0.15, -0.1) is 0 Å². The van der Waals surface area contributed by atoms with Gasteiger partial charge in [0.25, 0.3) is 0 Å². The molecule has 0 spiro atoms. The average Bonchev–Trinajstić information content (AvgIpc) is 2.49. The lowest BCUT2D eigenvalue weighted by Crippen LogP contribution is -2.48. The van der Waals surface area contributed by atoms with Crippen LogP contribution in [-0.4, -0.2) is 29.1 Å². The van der Waals surface area contributed by atoms with Gasteiger partial charge in [-0.1, -0.05) is 50.1 Å². The Kier molecular flexibility index (Phi) is 7.46. The first-order valence-electron chi connectivity index (χ1n) is 7.37. The number of aryl methyl sites for hydroxylation is 1. The van der Waals surface area contributed by atoms with Crippen molar-refractivity contribution in [2.45, 2.75) is 51.1 Å². The molecule has 5 heteroatoms. The molecule has 0 unspecified atom stereocenters. The summed E-state index contributed by atoms with van der Waals surface area (Å²) in [4.78, 5) is 23.1. The zero-order chi connectivity index (χ0) is 15.7. The molecule has 0 aliphatic carbocycles. The van der Waals surface area contributed by atoms with E-state index in [1.807, 2.05) is 37.3 Å². The van der Waals surface area contributed by atoms with Gasteiger partial charge in [-0.05, 0) is 24.8 Å². The molecule has 1 amide bonds. The normalized spacial score (nSPS) is 13.4. The largest absolute Gasteiger partial charge is 0.480 e. The van der Waals surface area contributed by atoms with Crippen LogP contribution in [0.15, 0.2) is 30.3 Å². The molecule has 2 atom stereocenters. The molecule has 21 heavy (non-hydrogen) atoms. The molecule has 1 rings (SSSR count). The van der Waals surface area contributed by atoms with Crippen LogP contribution in [-0.2, 0) is 16.0 Å². The number of aliphatic carboxylic acids is 1. The lowest BCUT2D eigenvalue weighted by atomic mass is 10.0. The Labute approximate surface area is 125 Å². The van der Waals surface area contributed by atoms with E-state index in [1.54, 1.807) is 0 Å². The molecule has 0 aliphatic heterocycles. The van der Waals surface area contributed by atoms with E-state index in [4.69, 9.17) is 5.73 Å². The lowest BCUT2D eigenvalue weighted by Gasteiger charge is -2.17. The summed E-state index contributed by atoms with van der Waals surface area (Å²) in [7, 11) is 0. The molecular formula is C16H24N2O3. The van der Waals surface area contributed by atoms with Crippen molar-refractivity contribution in [3.8, 4) is 0 Å². The van der Waals surface area contributed by atoms with Crippen LogP contribution in [0, 0.1) is 0 Å². The van der Waals surface area contributed by atoms with Crippen LogP contribution in [0.3, 0.4) is 0 Å². The average molecular weight is 292 g/mol. The van der Waals surface area contributed by atoms with Crippen molar-refractivity contribution < 1.29 is 14.7 Å². The van der Waals surface area contributed by atoms with Crippen LogP contribution in [0.1, 0.15) is 38.2 Å². The van der Waals surface area contributed by atoms with E-state index < -0.39 is 18.1 Å². The molecule has 0 bridgehead atoms. The minimum Gasteiger partial charge on any atom is -0.480 e. The summed E-state index contributed by atoms with van der Waals surface area (Å²) >= 11 is 0. The number of carbonyl (C=O) groups excluding carboxylic acids is 1. The molecule has 1 aromatic carbocycles. The first-order valence-corrected chi connectivity index (χ1v) is 7.37. The van der Waals surface area contributed by atoms with Gasteiger partial charge in [0.1, 0.15) is 6.04 Å². The highest BCUT2D eigenvalue weighted by Gasteiger charge is 2.22. The maximum Gasteiger partial charge on any atom is 0.326 e. The second kappa shape index (κ2) is 9.13.